The molecule has 9 heteroatoms. The minimum Gasteiger partial charge on any atom is -0.480 e. The first-order valence-electron chi connectivity index (χ1n) is 8.63. The Morgan fingerprint density at radius 1 is 0.769 bits per heavy atom. The van der Waals surface area contributed by atoms with Crippen LogP contribution >= 0.6 is 0 Å². The van der Waals surface area contributed by atoms with Crippen molar-refractivity contribution in [2.24, 2.45) is 35.0 Å². The molecule has 0 aliphatic rings. The van der Waals surface area contributed by atoms with Gasteiger partial charge in [-0.05, 0) is 24.2 Å². The van der Waals surface area contributed by atoms with E-state index in [0.29, 0.717) is 12.3 Å². The van der Waals surface area contributed by atoms with E-state index in [1.165, 1.54) is 0 Å². The summed E-state index contributed by atoms with van der Waals surface area (Å²) >= 11 is 0. The van der Waals surface area contributed by atoms with Crippen molar-refractivity contribution in [1.29, 1.82) is 0 Å². The number of hydrogen-bond acceptors (Lipinski definition) is 6. The van der Waals surface area contributed by atoms with E-state index in [2.05, 4.69) is 0 Å². The molecule has 26 heavy (non-hydrogen) atoms. The number of hydrogen-bond donors (Lipinski definition) is 6. The minimum atomic E-state index is -0.931. The van der Waals surface area contributed by atoms with Crippen molar-refractivity contribution in [3.8, 4) is 0 Å². The molecule has 0 aliphatic heterocycles. The summed E-state index contributed by atoms with van der Waals surface area (Å²) in [5.74, 6) is -2.31. The molecule has 156 valence electrons. The summed E-state index contributed by atoms with van der Waals surface area (Å²) in [4.78, 5) is 30.3. The van der Waals surface area contributed by atoms with E-state index in [9.17, 15) is 14.4 Å². The molecule has 0 rings (SSSR count). The summed E-state index contributed by atoms with van der Waals surface area (Å²) in [6.07, 6.45) is 1.36. The van der Waals surface area contributed by atoms with E-state index in [-0.39, 0.29) is 11.8 Å². The highest BCUT2D eigenvalue weighted by Gasteiger charge is 2.17. The maximum atomic E-state index is 10.2. The Balaban J connectivity index is -0.000000306. The number of carboxylic acids is 3. The molecule has 0 saturated heterocycles. The van der Waals surface area contributed by atoms with Crippen molar-refractivity contribution in [3.05, 3.63) is 0 Å². The second-order valence-electron chi connectivity index (χ2n) is 6.93. The largest absolute Gasteiger partial charge is 0.480 e. The predicted molar refractivity (Wildman–Crippen MR) is 101 cm³/mol. The van der Waals surface area contributed by atoms with Crippen molar-refractivity contribution < 1.29 is 29.7 Å². The van der Waals surface area contributed by atoms with Crippen molar-refractivity contribution >= 4 is 17.9 Å². The molecule has 0 amide bonds. The normalized spacial score (nSPS) is 14.9. The van der Waals surface area contributed by atoms with Gasteiger partial charge in [-0.25, -0.2) is 0 Å². The monoisotopic (exact) mass is 379 g/mol. The van der Waals surface area contributed by atoms with Crippen molar-refractivity contribution in [3.63, 3.8) is 0 Å². The Kier molecular flexibility index (Phi) is 17.4. The highest BCUT2D eigenvalue weighted by Crippen LogP contribution is 2.04. The SMILES string of the molecule is CC(C)C[C@@H](N)C(=O)O.CC(C)[C@@H](N)C(=O)O.CCC(C)[C@@H](N)C(=O)O. The topological polar surface area (TPSA) is 190 Å². The number of carbonyl (C=O) groups is 3. The third kappa shape index (κ3) is 17.1. The molecule has 0 aromatic rings. The van der Waals surface area contributed by atoms with Crippen LogP contribution in [-0.2, 0) is 14.4 Å². The van der Waals surface area contributed by atoms with Gasteiger partial charge in [-0.3, -0.25) is 14.4 Å². The number of rotatable bonds is 8. The van der Waals surface area contributed by atoms with Crippen LogP contribution in [-0.4, -0.2) is 51.4 Å². The highest BCUT2D eigenvalue weighted by atomic mass is 16.4. The van der Waals surface area contributed by atoms with Gasteiger partial charge >= 0.3 is 17.9 Å². The first kappa shape index (κ1) is 29.1. The molecular weight excluding hydrogens is 342 g/mol. The number of aliphatic carboxylic acids is 3. The molecule has 1 unspecified atom stereocenters. The van der Waals surface area contributed by atoms with Crippen LogP contribution in [0.2, 0.25) is 0 Å². The first-order valence-corrected chi connectivity index (χ1v) is 8.63. The zero-order valence-electron chi connectivity index (χ0n) is 16.7. The van der Waals surface area contributed by atoms with Gasteiger partial charge in [0.2, 0.25) is 0 Å². The average molecular weight is 379 g/mol. The fraction of sp³-hybridized carbons (Fsp3) is 0.824. The fourth-order valence-corrected chi connectivity index (χ4v) is 1.39. The smallest absolute Gasteiger partial charge is 0.320 e. The molecule has 4 atom stereocenters. The molecule has 0 saturated carbocycles. The van der Waals surface area contributed by atoms with Crippen molar-refractivity contribution in [2.45, 2.75) is 72.5 Å². The van der Waals surface area contributed by atoms with E-state index in [1.807, 2.05) is 27.7 Å². The highest BCUT2D eigenvalue weighted by molar-refractivity contribution is 5.73. The van der Waals surface area contributed by atoms with E-state index in [4.69, 9.17) is 32.5 Å². The summed E-state index contributed by atoms with van der Waals surface area (Å²) < 4.78 is 0. The van der Waals surface area contributed by atoms with Crippen LogP contribution in [0.25, 0.3) is 0 Å². The molecular formula is C17H37N3O6. The van der Waals surface area contributed by atoms with Gasteiger partial charge in [0.05, 0.1) is 0 Å². The van der Waals surface area contributed by atoms with E-state index < -0.39 is 36.0 Å². The second kappa shape index (κ2) is 15.5. The second-order valence-corrected chi connectivity index (χ2v) is 6.93. The summed E-state index contributed by atoms with van der Waals surface area (Å²) in [7, 11) is 0. The Labute approximate surface area is 155 Å². The zero-order valence-corrected chi connectivity index (χ0v) is 16.7. The Bertz CT molecular complexity index is 415. The van der Waals surface area contributed by atoms with Crippen LogP contribution in [0.5, 0.6) is 0 Å². The van der Waals surface area contributed by atoms with Crippen molar-refractivity contribution in [2.75, 3.05) is 0 Å². The molecule has 0 heterocycles. The summed E-state index contributed by atoms with van der Waals surface area (Å²) in [6.45, 7) is 11.2. The van der Waals surface area contributed by atoms with Crippen molar-refractivity contribution in [1.82, 2.24) is 0 Å². The van der Waals surface area contributed by atoms with Gasteiger partial charge in [0.1, 0.15) is 18.1 Å². The Morgan fingerprint density at radius 3 is 1.23 bits per heavy atom. The van der Waals surface area contributed by atoms with Crippen LogP contribution in [0.3, 0.4) is 0 Å². The molecule has 0 fully saturated rings. The fourth-order valence-electron chi connectivity index (χ4n) is 1.39. The van der Waals surface area contributed by atoms with E-state index in [1.54, 1.807) is 13.8 Å². The molecule has 0 bridgehead atoms. The number of nitrogens with two attached hydrogens (primary N) is 3. The molecule has 0 radical (unpaired) electrons. The summed E-state index contributed by atoms with van der Waals surface area (Å²) in [5.41, 5.74) is 15.6. The standard InChI is InChI=1S/2C6H13NO2.C5H11NO2/c1-4(2)3-5(7)6(8)9;1-3-4(2)5(7)6(8)9;1-3(2)4(6)5(7)8/h2*4-5H,3,7H2,1-2H3,(H,8,9);3-4H,6H2,1-2H3,(H,7,8)/t5-;4?,5-;4-/m111/s1. The predicted octanol–water partition coefficient (Wildman–Crippen LogP) is 0.943. The molecule has 9 nitrogen and oxygen atoms in total. The molecule has 9 N–H and O–H groups in total. The van der Waals surface area contributed by atoms with Gasteiger partial charge in [-0.15, -0.1) is 0 Å². The van der Waals surface area contributed by atoms with Crippen LogP contribution in [0.1, 0.15) is 54.4 Å². The van der Waals surface area contributed by atoms with Gasteiger partial charge in [0, 0.05) is 0 Å². The van der Waals surface area contributed by atoms with Crippen LogP contribution < -0.4 is 17.2 Å². The van der Waals surface area contributed by atoms with Gasteiger partial charge in [0.25, 0.3) is 0 Å². The lowest BCUT2D eigenvalue weighted by atomic mass is 10.0. The molecule has 0 aromatic heterocycles. The van der Waals surface area contributed by atoms with Gasteiger partial charge in [0.15, 0.2) is 0 Å². The Hall–Kier alpha value is -1.71. The third-order valence-electron chi connectivity index (χ3n) is 3.59. The summed E-state index contributed by atoms with van der Waals surface area (Å²) in [6, 6.07) is -2.10. The molecule has 0 aliphatic carbocycles. The Morgan fingerprint density at radius 2 is 1.15 bits per heavy atom. The molecule has 0 aromatic carbocycles. The van der Waals surface area contributed by atoms with Gasteiger partial charge in [-0.2, -0.15) is 0 Å². The lowest BCUT2D eigenvalue weighted by Gasteiger charge is -2.11. The average Bonchev–Trinajstić information content (AvgIpc) is 2.52. The van der Waals surface area contributed by atoms with E-state index >= 15 is 0 Å². The van der Waals surface area contributed by atoms with Crippen LogP contribution in [0.15, 0.2) is 0 Å². The lowest BCUT2D eigenvalue weighted by molar-refractivity contribution is -0.140. The van der Waals surface area contributed by atoms with Gasteiger partial charge in [-0.1, -0.05) is 48.0 Å². The quantitative estimate of drug-likeness (QED) is 0.356. The summed E-state index contributed by atoms with van der Waals surface area (Å²) in [5, 5.41) is 24.9. The van der Waals surface area contributed by atoms with Crippen LogP contribution in [0, 0.1) is 17.8 Å². The maximum Gasteiger partial charge on any atom is 0.320 e. The third-order valence-corrected chi connectivity index (χ3v) is 3.59. The molecule has 0 spiro atoms. The minimum absolute atomic E-state index is 0.0208. The maximum absolute atomic E-state index is 10.2. The zero-order chi connectivity index (χ0) is 21.6. The first-order chi connectivity index (χ1) is 11.7. The van der Waals surface area contributed by atoms with Gasteiger partial charge < -0.3 is 32.5 Å². The van der Waals surface area contributed by atoms with E-state index in [0.717, 1.165) is 6.42 Å². The number of carboxylic acid groups (broad SMARTS) is 3. The lowest BCUT2D eigenvalue weighted by Crippen LogP contribution is -2.36. The van der Waals surface area contributed by atoms with Crippen LogP contribution in [0.4, 0.5) is 0 Å².